The molecule has 9 heteroatoms. The van der Waals surface area contributed by atoms with E-state index in [1.54, 1.807) is 14.2 Å². The van der Waals surface area contributed by atoms with E-state index in [2.05, 4.69) is 24.5 Å². The third-order valence-corrected chi connectivity index (χ3v) is 8.92. The zero-order valence-electron chi connectivity index (χ0n) is 26.4. The minimum atomic E-state index is -0.759. The molecule has 1 heterocycles. The van der Waals surface area contributed by atoms with Crippen LogP contribution in [0.1, 0.15) is 71.1 Å². The van der Waals surface area contributed by atoms with Crippen LogP contribution in [0.5, 0.6) is 11.5 Å². The summed E-state index contributed by atoms with van der Waals surface area (Å²) in [5, 5.41) is 6.31. The molecule has 2 amide bonds. The molecule has 4 rings (SSSR count). The average molecular weight is 579 g/mol. The zero-order valence-corrected chi connectivity index (χ0v) is 26.4. The van der Waals surface area contributed by atoms with Crippen LogP contribution in [0.15, 0.2) is 42.5 Å². The topological polar surface area (TPSA) is 95.1 Å². The number of nitrogens with one attached hydrogen (secondary N) is 2. The molecule has 8 nitrogen and oxygen atoms in total. The SMILES string of the molecule is COc1ccc(OC)c2c1CCC(C(=O)N[C@@H](Cc1ccccc1)C(=O)N[C@@H](CC(C)C)B1OC(C)(C)C(C)(C)O1)C2. The largest absolute Gasteiger partial charge is 0.496 e. The second-order valence-electron chi connectivity index (χ2n) is 13.0. The van der Waals surface area contributed by atoms with Crippen LogP contribution in [0.3, 0.4) is 0 Å². The lowest BCUT2D eigenvalue weighted by Gasteiger charge is -2.32. The van der Waals surface area contributed by atoms with Crippen molar-refractivity contribution in [1.82, 2.24) is 10.6 Å². The van der Waals surface area contributed by atoms with Crippen LogP contribution in [0, 0.1) is 11.8 Å². The Balaban J connectivity index is 1.54. The number of ether oxygens (including phenoxy) is 2. The van der Waals surface area contributed by atoms with Gasteiger partial charge < -0.3 is 29.4 Å². The van der Waals surface area contributed by atoms with Gasteiger partial charge in [-0.05, 0) is 77.0 Å². The Morgan fingerprint density at radius 3 is 2.10 bits per heavy atom. The van der Waals surface area contributed by atoms with Gasteiger partial charge in [-0.1, -0.05) is 44.2 Å². The van der Waals surface area contributed by atoms with Crippen molar-refractivity contribution in [2.24, 2.45) is 11.8 Å². The Hall–Kier alpha value is -3.04. The van der Waals surface area contributed by atoms with E-state index in [9.17, 15) is 9.59 Å². The Kier molecular flexibility index (Phi) is 9.94. The van der Waals surface area contributed by atoms with Gasteiger partial charge in [0.25, 0.3) is 0 Å². The van der Waals surface area contributed by atoms with Crippen molar-refractivity contribution in [3.63, 3.8) is 0 Å². The number of carbonyl (C=O) groups is 2. The van der Waals surface area contributed by atoms with Gasteiger partial charge in [0.2, 0.25) is 11.8 Å². The molecule has 1 aliphatic heterocycles. The fraction of sp³-hybridized carbons (Fsp3) is 0.576. The highest BCUT2D eigenvalue weighted by atomic mass is 16.7. The van der Waals surface area contributed by atoms with Crippen LogP contribution < -0.4 is 20.1 Å². The highest BCUT2D eigenvalue weighted by molar-refractivity contribution is 6.48. The molecule has 0 aromatic heterocycles. The number of benzene rings is 2. The number of carbonyl (C=O) groups excluding carboxylic acids is 2. The summed E-state index contributed by atoms with van der Waals surface area (Å²) >= 11 is 0. The molecular formula is C33H47BN2O6. The number of hydrogen-bond acceptors (Lipinski definition) is 6. The Labute approximate surface area is 251 Å². The molecule has 1 saturated heterocycles. The number of rotatable bonds is 11. The summed E-state index contributed by atoms with van der Waals surface area (Å²) in [4.78, 5) is 27.7. The highest BCUT2D eigenvalue weighted by Gasteiger charge is 2.54. The van der Waals surface area contributed by atoms with Gasteiger partial charge in [0.05, 0.1) is 31.4 Å². The van der Waals surface area contributed by atoms with Crippen LogP contribution in [-0.4, -0.2) is 56.3 Å². The van der Waals surface area contributed by atoms with E-state index in [-0.39, 0.29) is 23.7 Å². The van der Waals surface area contributed by atoms with E-state index in [0.717, 1.165) is 28.2 Å². The summed E-state index contributed by atoms with van der Waals surface area (Å²) in [6.07, 6.45) is 2.92. The highest BCUT2D eigenvalue weighted by Crippen LogP contribution is 2.39. The van der Waals surface area contributed by atoms with E-state index in [1.165, 1.54) is 0 Å². The monoisotopic (exact) mass is 578 g/mol. The standard InChI is InChI=1S/C33H47BN2O6/c1-21(2)18-29(34-41-32(3,4)33(5,6)42-34)36-31(38)26(19-22-12-10-9-11-13-22)35-30(37)23-14-15-24-25(20-23)28(40-8)17-16-27(24)39-7/h9-13,16-17,21,23,26,29H,14-15,18-20H2,1-8H3,(H,35,37)(H,36,38)/t23?,26-,29-/m0/s1. The molecule has 0 radical (unpaired) electrons. The quantitative estimate of drug-likeness (QED) is 0.376. The third kappa shape index (κ3) is 7.12. The first-order valence-corrected chi connectivity index (χ1v) is 15.1. The molecular weight excluding hydrogens is 531 g/mol. The smallest absolute Gasteiger partial charge is 0.481 e. The fourth-order valence-electron chi connectivity index (χ4n) is 5.85. The van der Waals surface area contributed by atoms with Gasteiger partial charge >= 0.3 is 7.12 Å². The van der Waals surface area contributed by atoms with E-state index in [0.29, 0.717) is 38.0 Å². The van der Waals surface area contributed by atoms with Crippen LogP contribution in [-0.2, 0) is 38.2 Å². The van der Waals surface area contributed by atoms with Gasteiger partial charge in [-0.15, -0.1) is 0 Å². The Bertz CT molecular complexity index is 1230. The zero-order chi connectivity index (χ0) is 30.7. The van der Waals surface area contributed by atoms with Gasteiger partial charge in [0, 0.05) is 23.5 Å². The second kappa shape index (κ2) is 13.1. The van der Waals surface area contributed by atoms with Gasteiger partial charge in [-0.2, -0.15) is 0 Å². The number of amides is 2. The average Bonchev–Trinajstić information content (AvgIpc) is 3.17. The van der Waals surface area contributed by atoms with Crippen molar-refractivity contribution in [3.05, 3.63) is 59.2 Å². The summed E-state index contributed by atoms with van der Waals surface area (Å²) in [6.45, 7) is 12.2. The first kappa shape index (κ1) is 31.9. The first-order valence-electron chi connectivity index (χ1n) is 15.1. The Morgan fingerprint density at radius 1 is 0.929 bits per heavy atom. The number of hydrogen-bond donors (Lipinski definition) is 2. The summed E-state index contributed by atoms with van der Waals surface area (Å²) in [5.41, 5.74) is 2.00. The maximum Gasteiger partial charge on any atom is 0.481 e. The maximum atomic E-state index is 13.9. The molecule has 3 atom stereocenters. The molecule has 1 aliphatic carbocycles. The van der Waals surface area contributed by atoms with Gasteiger partial charge in [0.1, 0.15) is 17.5 Å². The first-order chi connectivity index (χ1) is 19.8. The maximum absolute atomic E-state index is 13.9. The molecule has 2 aromatic carbocycles. The molecule has 42 heavy (non-hydrogen) atoms. The molecule has 2 aromatic rings. The van der Waals surface area contributed by atoms with Crippen LogP contribution >= 0.6 is 0 Å². The molecule has 2 aliphatic rings. The summed E-state index contributed by atoms with van der Waals surface area (Å²) in [7, 11) is 2.70. The van der Waals surface area contributed by atoms with Gasteiger partial charge in [-0.3, -0.25) is 9.59 Å². The lowest BCUT2D eigenvalue weighted by Crippen LogP contribution is -2.56. The molecule has 1 fully saturated rings. The number of fused-ring (bicyclic) bond motifs is 1. The fourth-order valence-corrected chi connectivity index (χ4v) is 5.85. The summed E-state index contributed by atoms with van der Waals surface area (Å²) in [5.74, 6) is 0.809. The third-order valence-electron chi connectivity index (χ3n) is 8.92. The Morgan fingerprint density at radius 2 is 1.52 bits per heavy atom. The van der Waals surface area contributed by atoms with Crippen LogP contribution in [0.25, 0.3) is 0 Å². The summed E-state index contributed by atoms with van der Waals surface area (Å²) in [6, 6.07) is 12.8. The van der Waals surface area contributed by atoms with Gasteiger partial charge in [0.15, 0.2) is 0 Å². The molecule has 228 valence electrons. The van der Waals surface area contributed by atoms with E-state index >= 15 is 0 Å². The van der Waals surface area contributed by atoms with E-state index in [4.69, 9.17) is 18.8 Å². The van der Waals surface area contributed by atoms with Crippen molar-refractivity contribution in [1.29, 1.82) is 0 Å². The van der Waals surface area contributed by atoms with Gasteiger partial charge in [-0.25, -0.2) is 0 Å². The van der Waals surface area contributed by atoms with Crippen molar-refractivity contribution in [2.75, 3.05) is 14.2 Å². The molecule has 1 unspecified atom stereocenters. The molecule has 0 bridgehead atoms. The minimum absolute atomic E-state index is 0.141. The lowest BCUT2D eigenvalue weighted by molar-refractivity contribution is -0.131. The predicted molar refractivity (Wildman–Crippen MR) is 165 cm³/mol. The van der Waals surface area contributed by atoms with E-state index < -0.39 is 24.4 Å². The summed E-state index contributed by atoms with van der Waals surface area (Å²) < 4.78 is 23.8. The molecule has 2 N–H and O–H groups in total. The van der Waals surface area contributed by atoms with E-state index in [1.807, 2.05) is 70.2 Å². The van der Waals surface area contributed by atoms with Crippen LogP contribution in [0.2, 0.25) is 0 Å². The van der Waals surface area contributed by atoms with Crippen molar-refractivity contribution in [2.45, 2.75) is 96.8 Å². The van der Waals surface area contributed by atoms with Crippen LogP contribution in [0.4, 0.5) is 0 Å². The van der Waals surface area contributed by atoms with Crippen molar-refractivity contribution in [3.8, 4) is 11.5 Å². The van der Waals surface area contributed by atoms with Crippen molar-refractivity contribution < 1.29 is 28.4 Å². The molecule has 0 saturated carbocycles. The molecule has 0 spiro atoms. The number of methoxy groups -OCH3 is 2. The predicted octanol–water partition coefficient (Wildman–Crippen LogP) is 4.70. The van der Waals surface area contributed by atoms with Crippen molar-refractivity contribution >= 4 is 18.9 Å². The lowest BCUT2D eigenvalue weighted by atomic mass is 9.73. The second-order valence-corrected chi connectivity index (χ2v) is 13.0. The minimum Gasteiger partial charge on any atom is -0.496 e. The normalized spacial score (nSPS) is 20.4.